The highest BCUT2D eigenvalue weighted by Gasteiger charge is 2.49. The zero-order valence-corrected chi connectivity index (χ0v) is 15.1. The number of amides is 3. The van der Waals surface area contributed by atoms with E-state index in [1.54, 1.807) is 0 Å². The van der Waals surface area contributed by atoms with Crippen LogP contribution >= 0.6 is 23.2 Å². The van der Waals surface area contributed by atoms with E-state index in [9.17, 15) is 18.8 Å². The highest BCUT2D eigenvalue weighted by atomic mass is 35.5. The molecular formula is C18H13Cl2FN2O3. The van der Waals surface area contributed by atoms with Crippen molar-refractivity contribution >= 4 is 40.9 Å². The molecule has 8 heteroatoms. The first-order chi connectivity index (χ1) is 12.2. The van der Waals surface area contributed by atoms with Crippen molar-refractivity contribution < 1.29 is 18.8 Å². The number of ketones is 1. The zero-order valence-electron chi connectivity index (χ0n) is 13.6. The number of Topliss-reactive ketones (excluding diaryl/α,β-unsaturated/α-hetero) is 1. The molecule has 3 rings (SSSR count). The third-order valence-corrected chi connectivity index (χ3v) is 4.98. The first-order valence-electron chi connectivity index (χ1n) is 7.61. The lowest BCUT2D eigenvalue weighted by molar-refractivity contribution is -0.130. The Hall–Kier alpha value is -2.44. The Morgan fingerprint density at radius 2 is 1.77 bits per heavy atom. The summed E-state index contributed by atoms with van der Waals surface area (Å²) in [5, 5.41) is 3.05. The Balaban J connectivity index is 1.84. The predicted molar refractivity (Wildman–Crippen MR) is 94.8 cm³/mol. The van der Waals surface area contributed by atoms with Crippen LogP contribution in [-0.4, -0.2) is 29.2 Å². The Morgan fingerprint density at radius 1 is 1.12 bits per heavy atom. The topological polar surface area (TPSA) is 66.5 Å². The molecule has 1 fully saturated rings. The average Bonchev–Trinajstić information content (AvgIpc) is 2.82. The molecule has 1 atom stereocenters. The van der Waals surface area contributed by atoms with Crippen LogP contribution in [0.2, 0.25) is 10.0 Å². The number of nitrogens with one attached hydrogen (secondary N) is 1. The van der Waals surface area contributed by atoms with Gasteiger partial charge in [-0.05, 0) is 42.8 Å². The average molecular weight is 395 g/mol. The van der Waals surface area contributed by atoms with Gasteiger partial charge in [0.2, 0.25) is 0 Å². The summed E-state index contributed by atoms with van der Waals surface area (Å²) in [5.41, 5.74) is -0.722. The third kappa shape index (κ3) is 3.18. The van der Waals surface area contributed by atoms with Gasteiger partial charge in [0.25, 0.3) is 5.91 Å². The molecule has 0 spiro atoms. The van der Waals surface area contributed by atoms with Crippen molar-refractivity contribution in [1.82, 2.24) is 10.2 Å². The van der Waals surface area contributed by atoms with E-state index in [0.29, 0.717) is 10.6 Å². The summed E-state index contributed by atoms with van der Waals surface area (Å²) in [4.78, 5) is 38.3. The zero-order chi connectivity index (χ0) is 19.1. The number of hydrogen-bond donors (Lipinski definition) is 1. The first-order valence-corrected chi connectivity index (χ1v) is 8.36. The lowest BCUT2D eigenvalue weighted by Gasteiger charge is -2.22. The first kappa shape index (κ1) is 18.4. The van der Waals surface area contributed by atoms with Crippen LogP contribution in [0.1, 0.15) is 22.8 Å². The molecule has 2 aromatic rings. The lowest BCUT2D eigenvalue weighted by atomic mass is 9.92. The summed E-state index contributed by atoms with van der Waals surface area (Å²) in [6.45, 7) is 1.06. The third-order valence-electron chi connectivity index (χ3n) is 4.24. The molecule has 0 radical (unpaired) electrons. The van der Waals surface area contributed by atoms with Crippen molar-refractivity contribution in [1.29, 1.82) is 0 Å². The van der Waals surface area contributed by atoms with E-state index in [2.05, 4.69) is 5.32 Å². The van der Waals surface area contributed by atoms with E-state index >= 15 is 0 Å². The minimum absolute atomic E-state index is 0.200. The summed E-state index contributed by atoms with van der Waals surface area (Å²) >= 11 is 11.7. The molecule has 5 nitrogen and oxygen atoms in total. The van der Waals surface area contributed by atoms with E-state index in [0.717, 1.165) is 4.90 Å². The van der Waals surface area contributed by atoms with Gasteiger partial charge in [0.1, 0.15) is 11.4 Å². The maximum Gasteiger partial charge on any atom is 0.325 e. The van der Waals surface area contributed by atoms with Gasteiger partial charge in [-0.2, -0.15) is 0 Å². The fourth-order valence-electron chi connectivity index (χ4n) is 2.72. The van der Waals surface area contributed by atoms with Crippen LogP contribution in [0.4, 0.5) is 9.18 Å². The van der Waals surface area contributed by atoms with E-state index in [4.69, 9.17) is 23.2 Å². The Kier molecular flexibility index (Phi) is 4.73. The van der Waals surface area contributed by atoms with Crippen LogP contribution in [0.3, 0.4) is 0 Å². The molecule has 0 saturated carbocycles. The molecule has 26 heavy (non-hydrogen) atoms. The normalized spacial score (nSPS) is 19.6. The van der Waals surface area contributed by atoms with Crippen molar-refractivity contribution in [3.63, 3.8) is 0 Å². The second-order valence-electron chi connectivity index (χ2n) is 6.01. The fourth-order valence-corrected chi connectivity index (χ4v) is 3.02. The van der Waals surface area contributed by atoms with E-state index in [1.165, 1.54) is 49.4 Å². The number of halogens is 3. The standard InChI is InChI=1S/C18H13Cl2FN2O3/c1-18(11-3-5-12(21)6-4-11)16(25)23(17(26)22-18)9-15(24)10-2-7-13(19)14(20)8-10/h2-8H,9H2,1H3,(H,22,26). The molecule has 1 heterocycles. The van der Waals surface area contributed by atoms with Crippen molar-refractivity contribution in [2.75, 3.05) is 6.54 Å². The van der Waals surface area contributed by atoms with Crippen LogP contribution in [0.5, 0.6) is 0 Å². The maximum absolute atomic E-state index is 13.1. The minimum atomic E-state index is -1.37. The second kappa shape index (κ2) is 6.70. The molecule has 1 unspecified atom stereocenters. The largest absolute Gasteiger partial charge is 0.325 e. The van der Waals surface area contributed by atoms with Gasteiger partial charge in [-0.3, -0.25) is 14.5 Å². The molecular weight excluding hydrogens is 382 g/mol. The number of hydrogen-bond acceptors (Lipinski definition) is 3. The molecule has 1 saturated heterocycles. The van der Waals surface area contributed by atoms with Gasteiger partial charge < -0.3 is 5.32 Å². The highest BCUT2D eigenvalue weighted by molar-refractivity contribution is 6.42. The quantitative estimate of drug-likeness (QED) is 0.633. The van der Waals surface area contributed by atoms with Crippen LogP contribution in [0.15, 0.2) is 42.5 Å². The number of benzene rings is 2. The highest BCUT2D eigenvalue weighted by Crippen LogP contribution is 2.29. The van der Waals surface area contributed by atoms with Gasteiger partial charge in [0.05, 0.1) is 16.6 Å². The van der Waals surface area contributed by atoms with Crippen molar-refractivity contribution in [3.05, 3.63) is 69.5 Å². The molecule has 134 valence electrons. The number of rotatable bonds is 4. The molecule has 0 aromatic heterocycles. The molecule has 1 aliphatic heterocycles. The number of imide groups is 1. The van der Waals surface area contributed by atoms with Gasteiger partial charge >= 0.3 is 6.03 Å². The van der Waals surface area contributed by atoms with Gasteiger partial charge in [-0.1, -0.05) is 35.3 Å². The van der Waals surface area contributed by atoms with E-state index in [1.807, 2.05) is 0 Å². The van der Waals surface area contributed by atoms with Gasteiger partial charge in [0.15, 0.2) is 5.78 Å². The minimum Gasteiger partial charge on any atom is -0.319 e. The van der Waals surface area contributed by atoms with Gasteiger partial charge in [0, 0.05) is 5.56 Å². The number of carbonyl (C=O) groups excluding carboxylic acids is 3. The smallest absolute Gasteiger partial charge is 0.319 e. The van der Waals surface area contributed by atoms with Crippen molar-refractivity contribution in [2.24, 2.45) is 0 Å². The lowest BCUT2D eigenvalue weighted by Crippen LogP contribution is -2.41. The number of urea groups is 1. The molecule has 0 bridgehead atoms. The Bertz CT molecular complexity index is 917. The molecule has 2 aromatic carbocycles. The van der Waals surface area contributed by atoms with Gasteiger partial charge in [-0.25, -0.2) is 9.18 Å². The summed E-state index contributed by atoms with van der Waals surface area (Å²) in [6, 6.07) is 8.84. The predicted octanol–water partition coefficient (Wildman–Crippen LogP) is 3.78. The second-order valence-corrected chi connectivity index (χ2v) is 6.82. The fraction of sp³-hybridized carbons (Fsp3) is 0.167. The van der Waals surface area contributed by atoms with Crippen LogP contribution in [0, 0.1) is 5.82 Å². The molecule has 1 N–H and O–H groups in total. The van der Waals surface area contributed by atoms with Gasteiger partial charge in [-0.15, -0.1) is 0 Å². The SMILES string of the molecule is CC1(c2ccc(F)cc2)NC(=O)N(CC(=O)c2ccc(Cl)c(Cl)c2)C1=O. The Morgan fingerprint density at radius 3 is 2.38 bits per heavy atom. The Labute approximate surface area is 158 Å². The van der Waals surface area contributed by atoms with Crippen LogP contribution < -0.4 is 5.32 Å². The maximum atomic E-state index is 13.1. The van der Waals surface area contributed by atoms with E-state index in [-0.39, 0.29) is 10.6 Å². The molecule has 0 aliphatic carbocycles. The van der Waals surface area contributed by atoms with Crippen molar-refractivity contribution in [2.45, 2.75) is 12.5 Å². The van der Waals surface area contributed by atoms with E-state index < -0.39 is 35.6 Å². The molecule has 3 amide bonds. The summed E-state index contributed by atoms with van der Waals surface area (Å²) in [7, 11) is 0. The number of nitrogens with zero attached hydrogens (tertiary/aromatic N) is 1. The molecule has 1 aliphatic rings. The monoisotopic (exact) mass is 394 g/mol. The van der Waals surface area contributed by atoms with Crippen LogP contribution in [0.25, 0.3) is 0 Å². The number of carbonyl (C=O) groups is 3. The van der Waals surface area contributed by atoms with Crippen molar-refractivity contribution in [3.8, 4) is 0 Å². The summed E-state index contributed by atoms with van der Waals surface area (Å²) in [5.74, 6) is -1.52. The van der Waals surface area contributed by atoms with Crippen LogP contribution in [-0.2, 0) is 10.3 Å². The summed E-state index contributed by atoms with van der Waals surface area (Å²) < 4.78 is 13.1. The summed E-state index contributed by atoms with van der Waals surface area (Å²) in [6.07, 6.45) is 0.